The summed E-state index contributed by atoms with van der Waals surface area (Å²) >= 11 is 4.51. The Morgan fingerprint density at radius 1 is 0.938 bits per heavy atom. The van der Waals surface area contributed by atoms with E-state index >= 15 is 0 Å². The van der Waals surface area contributed by atoms with Crippen LogP contribution in [0, 0.1) is 0 Å². The van der Waals surface area contributed by atoms with Crippen LogP contribution in [-0.2, 0) is 10.5 Å². The third kappa shape index (κ3) is 8.25. The zero-order valence-corrected chi connectivity index (χ0v) is 20.4. The summed E-state index contributed by atoms with van der Waals surface area (Å²) in [5.41, 5.74) is 1.19. The molecule has 2 aromatic carbocycles. The van der Waals surface area contributed by atoms with Gasteiger partial charge in [-0.25, -0.2) is 0 Å². The van der Waals surface area contributed by atoms with Crippen molar-refractivity contribution in [3.63, 3.8) is 0 Å². The number of hydrogen-bond acceptors (Lipinski definition) is 9. The first-order valence-corrected chi connectivity index (χ1v) is 12.8. The summed E-state index contributed by atoms with van der Waals surface area (Å²) in [6, 6.07) is 15.4. The number of ether oxygens (including phenoxy) is 3. The quantitative estimate of drug-likeness (QED) is 0.276. The highest BCUT2D eigenvalue weighted by Gasteiger charge is 2.09. The van der Waals surface area contributed by atoms with Crippen LogP contribution < -0.4 is 19.5 Å². The smallest absolute Gasteiger partial charge is 0.230 e. The summed E-state index contributed by atoms with van der Waals surface area (Å²) in [5.74, 6) is 3.43. The van der Waals surface area contributed by atoms with Crippen LogP contribution in [0.1, 0.15) is 12.5 Å². The molecule has 0 aliphatic carbocycles. The molecule has 0 aliphatic heterocycles. The fourth-order valence-electron chi connectivity index (χ4n) is 2.52. The van der Waals surface area contributed by atoms with Gasteiger partial charge in [0.2, 0.25) is 5.91 Å². The summed E-state index contributed by atoms with van der Waals surface area (Å²) in [6.45, 7) is 3.41. The van der Waals surface area contributed by atoms with E-state index in [0.29, 0.717) is 25.5 Å². The lowest BCUT2D eigenvalue weighted by atomic mass is 10.2. The van der Waals surface area contributed by atoms with Crippen molar-refractivity contribution in [1.82, 2.24) is 15.5 Å². The molecule has 0 fully saturated rings. The van der Waals surface area contributed by atoms with E-state index in [0.717, 1.165) is 31.7 Å². The van der Waals surface area contributed by atoms with Gasteiger partial charge in [-0.1, -0.05) is 47.0 Å². The van der Waals surface area contributed by atoms with Crippen molar-refractivity contribution in [2.75, 3.05) is 32.6 Å². The van der Waals surface area contributed by atoms with E-state index in [1.807, 2.05) is 55.5 Å². The summed E-state index contributed by atoms with van der Waals surface area (Å²) < 4.78 is 17.9. The Bertz CT molecular complexity index is 965. The van der Waals surface area contributed by atoms with Crippen LogP contribution in [0.25, 0.3) is 0 Å². The minimum atomic E-state index is -0.0621. The molecule has 1 aromatic heterocycles. The van der Waals surface area contributed by atoms with Crippen LogP contribution in [0.4, 0.5) is 0 Å². The molecule has 0 saturated heterocycles. The first-order valence-electron chi connectivity index (χ1n) is 10.0. The molecule has 1 amide bonds. The number of carbonyl (C=O) groups is 1. The Kier molecular flexibility index (Phi) is 9.98. The fourth-order valence-corrected chi connectivity index (χ4v) is 5.32. The van der Waals surface area contributed by atoms with E-state index in [9.17, 15) is 4.79 Å². The Balaban J connectivity index is 1.30. The van der Waals surface area contributed by atoms with E-state index in [4.69, 9.17) is 14.2 Å². The van der Waals surface area contributed by atoms with Gasteiger partial charge >= 0.3 is 0 Å². The summed E-state index contributed by atoms with van der Waals surface area (Å²) in [6.07, 6.45) is 0. The monoisotopic (exact) mass is 491 g/mol. The predicted molar refractivity (Wildman–Crippen MR) is 129 cm³/mol. The summed E-state index contributed by atoms with van der Waals surface area (Å²) in [5, 5.41) is 11.2. The Labute approximate surface area is 200 Å². The number of methoxy groups -OCH3 is 1. The molecular weight excluding hydrogens is 466 g/mol. The molecule has 0 aliphatic rings. The number of carbonyl (C=O) groups excluding carboxylic acids is 1. The van der Waals surface area contributed by atoms with E-state index < -0.39 is 0 Å². The zero-order valence-electron chi connectivity index (χ0n) is 17.9. The van der Waals surface area contributed by atoms with E-state index in [1.165, 1.54) is 28.7 Å². The average Bonchev–Trinajstić information content (AvgIpc) is 3.28. The zero-order chi connectivity index (χ0) is 22.6. The van der Waals surface area contributed by atoms with Crippen LogP contribution in [0.15, 0.2) is 57.2 Å². The van der Waals surface area contributed by atoms with Crippen molar-refractivity contribution >= 4 is 40.8 Å². The summed E-state index contributed by atoms with van der Waals surface area (Å²) in [4.78, 5) is 12.1. The number of nitrogens with zero attached hydrogens (tertiary/aromatic N) is 2. The van der Waals surface area contributed by atoms with Gasteiger partial charge in [0, 0.05) is 5.75 Å². The number of amides is 1. The molecule has 3 aromatic rings. The molecule has 7 nitrogen and oxygen atoms in total. The van der Waals surface area contributed by atoms with Crippen molar-refractivity contribution in [2.45, 2.75) is 21.4 Å². The van der Waals surface area contributed by atoms with Crippen LogP contribution in [0.5, 0.6) is 17.2 Å². The van der Waals surface area contributed by atoms with Gasteiger partial charge < -0.3 is 19.5 Å². The van der Waals surface area contributed by atoms with Crippen molar-refractivity contribution in [1.29, 1.82) is 0 Å². The highest BCUT2D eigenvalue weighted by Crippen LogP contribution is 2.31. The molecule has 170 valence electrons. The molecule has 0 bridgehead atoms. The minimum Gasteiger partial charge on any atom is -0.497 e. The highest BCUT2D eigenvalue weighted by atomic mass is 32.2. The third-order valence-electron chi connectivity index (χ3n) is 4.06. The SMILES string of the molecule is CCOc1ccc(OCCNC(=O)CSc2nnc(SCc3ccc(OC)cc3)s2)cc1. The molecule has 0 atom stereocenters. The van der Waals surface area contributed by atoms with Gasteiger partial charge in [-0.3, -0.25) is 4.79 Å². The molecule has 0 radical (unpaired) electrons. The topological polar surface area (TPSA) is 82.6 Å². The average molecular weight is 492 g/mol. The predicted octanol–water partition coefficient (Wildman–Crippen LogP) is 4.53. The maximum atomic E-state index is 12.1. The van der Waals surface area contributed by atoms with Gasteiger partial charge in [0.15, 0.2) is 8.68 Å². The van der Waals surface area contributed by atoms with Gasteiger partial charge in [0.1, 0.15) is 23.9 Å². The Morgan fingerprint density at radius 2 is 1.56 bits per heavy atom. The van der Waals surface area contributed by atoms with Gasteiger partial charge in [0.05, 0.1) is 26.0 Å². The maximum Gasteiger partial charge on any atom is 0.230 e. The normalized spacial score (nSPS) is 10.6. The maximum absolute atomic E-state index is 12.1. The summed E-state index contributed by atoms with van der Waals surface area (Å²) in [7, 11) is 1.65. The van der Waals surface area contributed by atoms with E-state index in [-0.39, 0.29) is 5.91 Å². The van der Waals surface area contributed by atoms with Gasteiger partial charge in [-0.2, -0.15) is 0 Å². The molecule has 0 saturated carbocycles. The van der Waals surface area contributed by atoms with Gasteiger partial charge in [0.25, 0.3) is 0 Å². The van der Waals surface area contributed by atoms with E-state index in [2.05, 4.69) is 15.5 Å². The van der Waals surface area contributed by atoms with Crippen molar-refractivity contribution in [2.24, 2.45) is 0 Å². The van der Waals surface area contributed by atoms with Crippen LogP contribution in [-0.4, -0.2) is 48.7 Å². The standard InChI is InChI=1S/C22H25N3O4S3/c1-3-28-18-8-10-19(11-9-18)29-13-12-23-20(26)15-31-22-25-24-21(32-22)30-14-16-4-6-17(27-2)7-5-16/h4-11H,3,12-15H2,1-2H3,(H,23,26). The minimum absolute atomic E-state index is 0.0621. The lowest BCUT2D eigenvalue weighted by Gasteiger charge is -2.08. The van der Waals surface area contributed by atoms with Crippen LogP contribution >= 0.6 is 34.9 Å². The van der Waals surface area contributed by atoms with Gasteiger partial charge in [-0.05, 0) is 48.9 Å². The molecule has 3 rings (SSSR count). The second kappa shape index (κ2) is 13.2. The third-order valence-corrected chi connectivity index (χ3v) is 7.32. The molecular formula is C22H25N3O4S3. The first kappa shape index (κ1) is 24.2. The highest BCUT2D eigenvalue weighted by molar-refractivity contribution is 8.03. The molecule has 0 spiro atoms. The second-order valence-corrected chi connectivity index (χ2v) is 9.78. The fraction of sp³-hybridized carbons (Fsp3) is 0.318. The van der Waals surface area contributed by atoms with Crippen LogP contribution in [0.2, 0.25) is 0 Å². The number of thioether (sulfide) groups is 2. The van der Waals surface area contributed by atoms with Crippen LogP contribution in [0.3, 0.4) is 0 Å². The van der Waals surface area contributed by atoms with Crippen molar-refractivity contribution in [3.8, 4) is 17.2 Å². The second-order valence-electron chi connectivity index (χ2n) is 6.36. The lowest BCUT2D eigenvalue weighted by molar-refractivity contribution is -0.118. The number of rotatable bonds is 13. The van der Waals surface area contributed by atoms with Crippen molar-refractivity contribution in [3.05, 3.63) is 54.1 Å². The molecule has 0 unspecified atom stereocenters. The Hall–Kier alpha value is -2.43. The number of benzene rings is 2. The van der Waals surface area contributed by atoms with E-state index in [1.54, 1.807) is 18.9 Å². The molecule has 1 heterocycles. The largest absolute Gasteiger partial charge is 0.497 e. The number of hydrogen-bond donors (Lipinski definition) is 1. The molecule has 1 N–H and O–H groups in total. The van der Waals surface area contributed by atoms with Crippen molar-refractivity contribution < 1.29 is 19.0 Å². The molecule has 32 heavy (non-hydrogen) atoms. The molecule has 10 heteroatoms. The first-order chi connectivity index (χ1) is 15.7. The Morgan fingerprint density at radius 3 is 2.22 bits per heavy atom. The number of aromatic nitrogens is 2. The lowest BCUT2D eigenvalue weighted by Crippen LogP contribution is -2.29. The number of nitrogens with one attached hydrogen (secondary N) is 1. The van der Waals surface area contributed by atoms with Gasteiger partial charge in [-0.15, -0.1) is 10.2 Å².